The summed E-state index contributed by atoms with van der Waals surface area (Å²) < 4.78 is 16.9. The monoisotopic (exact) mass is 271 g/mol. The van der Waals surface area contributed by atoms with Crippen molar-refractivity contribution in [2.45, 2.75) is 57.8 Å². The summed E-state index contributed by atoms with van der Waals surface area (Å²) in [5.74, 6) is 0. The smallest absolute Gasteiger partial charge is 0.0617 e. The van der Waals surface area contributed by atoms with Gasteiger partial charge in [0.2, 0.25) is 0 Å². The van der Waals surface area contributed by atoms with Gasteiger partial charge in [-0.1, -0.05) is 0 Å². The van der Waals surface area contributed by atoms with Crippen molar-refractivity contribution >= 4 is 0 Å². The topological polar surface area (TPSA) is 39.7 Å². The van der Waals surface area contributed by atoms with Crippen LogP contribution in [-0.2, 0) is 14.2 Å². The van der Waals surface area contributed by atoms with Crippen LogP contribution in [0.25, 0.3) is 0 Å². The molecule has 4 heteroatoms. The Labute approximate surface area is 117 Å². The molecule has 19 heavy (non-hydrogen) atoms. The molecule has 4 unspecified atom stereocenters. The van der Waals surface area contributed by atoms with Crippen LogP contribution in [0.3, 0.4) is 0 Å². The Morgan fingerprint density at radius 3 is 2.74 bits per heavy atom. The lowest BCUT2D eigenvalue weighted by Gasteiger charge is -2.35. The van der Waals surface area contributed by atoms with Gasteiger partial charge in [-0.05, 0) is 39.5 Å². The number of hydrogen-bond acceptors (Lipinski definition) is 4. The molecule has 112 valence electrons. The fraction of sp³-hybridized carbons (Fsp3) is 1.00. The molecule has 0 amide bonds. The lowest BCUT2D eigenvalue weighted by atomic mass is 9.76. The summed E-state index contributed by atoms with van der Waals surface area (Å²) in [6, 6.07) is 0. The van der Waals surface area contributed by atoms with Crippen LogP contribution < -0.4 is 5.32 Å². The van der Waals surface area contributed by atoms with E-state index < -0.39 is 0 Å². The first-order valence-corrected chi connectivity index (χ1v) is 7.63. The van der Waals surface area contributed by atoms with E-state index in [1.165, 1.54) is 12.8 Å². The SMILES string of the molecule is COCCNCC1(CC2CCC(C)O2)CCOC1C. The van der Waals surface area contributed by atoms with E-state index >= 15 is 0 Å². The van der Waals surface area contributed by atoms with Gasteiger partial charge >= 0.3 is 0 Å². The summed E-state index contributed by atoms with van der Waals surface area (Å²) in [6.07, 6.45) is 5.84. The number of rotatable bonds is 7. The average molecular weight is 271 g/mol. The highest BCUT2D eigenvalue weighted by Gasteiger charge is 2.43. The first-order valence-electron chi connectivity index (χ1n) is 7.63. The predicted octanol–water partition coefficient (Wildman–Crippen LogP) is 1.98. The Morgan fingerprint density at radius 1 is 1.32 bits per heavy atom. The van der Waals surface area contributed by atoms with Crippen molar-refractivity contribution in [2.24, 2.45) is 5.41 Å². The number of methoxy groups -OCH3 is 1. The molecule has 2 heterocycles. The van der Waals surface area contributed by atoms with Crippen molar-refractivity contribution in [1.82, 2.24) is 5.32 Å². The van der Waals surface area contributed by atoms with Gasteiger partial charge in [0.05, 0.1) is 24.9 Å². The van der Waals surface area contributed by atoms with E-state index in [0.717, 1.165) is 39.1 Å². The van der Waals surface area contributed by atoms with Gasteiger partial charge in [-0.25, -0.2) is 0 Å². The van der Waals surface area contributed by atoms with Crippen molar-refractivity contribution in [2.75, 3.05) is 33.4 Å². The number of ether oxygens (including phenoxy) is 3. The normalized spacial score (nSPS) is 39.0. The lowest BCUT2D eigenvalue weighted by Crippen LogP contribution is -2.42. The number of nitrogens with one attached hydrogen (secondary N) is 1. The van der Waals surface area contributed by atoms with Crippen LogP contribution in [0.5, 0.6) is 0 Å². The van der Waals surface area contributed by atoms with E-state index in [4.69, 9.17) is 14.2 Å². The Bertz CT molecular complexity index is 274. The second-order valence-electron chi connectivity index (χ2n) is 6.15. The second-order valence-corrected chi connectivity index (χ2v) is 6.15. The van der Waals surface area contributed by atoms with Crippen LogP contribution in [0.4, 0.5) is 0 Å². The highest BCUT2D eigenvalue weighted by atomic mass is 16.5. The highest BCUT2D eigenvalue weighted by Crippen LogP contribution is 2.41. The van der Waals surface area contributed by atoms with E-state index in [2.05, 4.69) is 19.2 Å². The molecule has 1 N–H and O–H groups in total. The van der Waals surface area contributed by atoms with Gasteiger partial charge in [0.15, 0.2) is 0 Å². The van der Waals surface area contributed by atoms with Crippen LogP contribution in [0.1, 0.15) is 39.5 Å². The molecule has 0 saturated carbocycles. The van der Waals surface area contributed by atoms with Gasteiger partial charge < -0.3 is 19.5 Å². The van der Waals surface area contributed by atoms with Crippen molar-refractivity contribution < 1.29 is 14.2 Å². The minimum atomic E-state index is 0.239. The van der Waals surface area contributed by atoms with Gasteiger partial charge in [0, 0.05) is 32.2 Å². The van der Waals surface area contributed by atoms with E-state index in [1.807, 2.05) is 0 Å². The van der Waals surface area contributed by atoms with E-state index in [-0.39, 0.29) is 5.41 Å². The van der Waals surface area contributed by atoms with Gasteiger partial charge in [0.1, 0.15) is 0 Å². The predicted molar refractivity (Wildman–Crippen MR) is 75.4 cm³/mol. The highest BCUT2D eigenvalue weighted by molar-refractivity contribution is 4.94. The molecule has 4 atom stereocenters. The summed E-state index contributed by atoms with van der Waals surface area (Å²) >= 11 is 0. The van der Waals surface area contributed by atoms with Gasteiger partial charge in [-0.15, -0.1) is 0 Å². The third-order valence-corrected chi connectivity index (χ3v) is 4.74. The van der Waals surface area contributed by atoms with Crippen LogP contribution in [0.15, 0.2) is 0 Å². The molecule has 0 aromatic heterocycles. The Hall–Kier alpha value is -0.160. The molecule has 0 spiro atoms. The Morgan fingerprint density at radius 2 is 2.16 bits per heavy atom. The standard InChI is InChI=1S/C15H29NO3/c1-12-4-5-14(19-12)10-15(6-8-18-13(15)2)11-16-7-9-17-3/h12-14,16H,4-11H2,1-3H3. The van der Waals surface area contributed by atoms with Crippen molar-refractivity contribution in [3.63, 3.8) is 0 Å². The van der Waals surface area contributed by atoms with Gasteiger partial charge in [-0.3, -0.25) is 0 Å². The summed E-state index contributed by atoms with van der Waals surface area (Å²) in [4.78, 5) is 0. The zero-order valence-electron chi connectivity index (χ0n) is 12.6. The quantitative estimate of drug-likeness (QED) is 0.719. The van der Waals surface area contributed by atoms with Gasteiger partial charge in [-0.2, -0.15) is 0 Å². The summed E-state index contributed by atoms with van der Waals surface area (Å²) in [6.45, 7) is 7.96. The van der Waals surface area contributed by atoms with E-state index in [0.29, 0.717) is 18.3 Å². The first-order chi connectivity index (χ1) is 9.16. The minimum Gasteiger partial charge on any atom is -0.383 e. The molecule has 0 aromatic carbocycles. The third-order valence-electron chi connectivity index (χ3n) is 4.74. The molecule has 2 saturated heterocycles. The van der Waals surface area contributed by atoms with Crippen LogP contribution in [0.2, 0.25) is 0 Å². The molecule has 2 aliphatic heterocycles. The fourth-order valence-corrected chi connectivity index (χ4v) is 3.39. The van der Waals surface area contributed by atoms with Crippen molar-refractivity contribution in [3.8, 4) is 0 Å². The maximum absolute atomic E-state index is 6.02. The Kier molecular flexibility index (Phi) is 5.63. The molecule has 2 fully saturated rings. The molecular weight excluding hydrogens is 242 g/mol. The molecule has 2 rings (SSSR count). The molecule has 2 aliphatic rings. The first kappa shape index (κ1) is 15.2. The van der Waals surface area contributed by atoms with Crippen molar-refractivity contribution in [3.05, 3.63) is 0 Å². The molecule has 0 aliphatic carbocycles. The van der Waals surface area contributed by atoms with Gasteiger partial charge in [0.25, 0.3) is 0 Å². The summed E-state index contributed by atoms with van der Waals surface area (Å²) in [5.41, 5.74) is 0.239. The van der Waals surface area contributed by atoms with Crippen LogP contribution >= 0.6 is 0 Å². The maximum Gasteiger partial charge on any atom is 0.0617 e. The van der Waals surface area contributed by atoms with Crippen LogP contribution in [-0.4, -0.2) is 51.7 Å². The number of hydrogen-bond donors (Lipinski definition) is 1. The van der Waals surface area contributed by atoms with Crippen LogP contribution in [0, 0.1) is 5.41 Å². The largest absolute Gasteiger partial charge is 0.383 e. The average Bonchev–Trinajstić information content (AvgIpc) is 2.94. The Balaban J connectivity index is 1.87. The molecule has 4 nitrogen and oxygen atoms in total. The third kappa shape index (κ3) is 3.91. The molecular formula is C15H29NO3. The second kappa shape index (κ2) is 7.02. The molecule has 0 aromatic rings. The van der Waals surface area contributed by atoms with E-state index in [9.17, 15) is 0 Å². The lowest BCUT2D eigenvalue weighted by molar-refractivity contribution is -0.00520. The molecule has 0 bridgehead atoms. The summed E-state index contributed by atoms with van der Waals surface area (Å²) in [7, 11) is 1.74. The maximum atomic E-state index is 6.02. The zero-order valence-corrected chi connectivity index (χ0v) is 12.6. The minimum absolute atomic E-state index is 0.239. The zero-order chi connectivity index (χ0) is 13.7. The van der Waals surface area contributed by atoms with Crippen molar-refractivity contribution in [1.29, 1.82) is 0 Å². The van der Waals surface area contributed by atoms with E-state index in [1.54, 1.807) is 7.11 Å². The fourth-order valence-electron chi connectivity index (χ4n) is 3.39. The summed E-state index contributed by atoms with van der Waals surface area (Å²) in [5, 5.41) is 3.52. The molecule has 0 radical (unpaired) electrons.